The van der Waals surface area contributed by atoms with E-state index in [4.69, 9.17) is 5.73 Å². The Morgan fingerprint density at radius 1 is 1.25 bits per heavy atom. The molecule has 0 atom stereocenters. The van der Waals surface area contributed by atoms with Gasteiger partial charge in [-0.1, -0.05) is 12.1 Å². The van der Waals surface area contributed by atoms with Crippen molar-refractivity contribution in [2.45, 2.75) is 25.3 Å². The summed E-state index contributed by atoms with van der Waals surface area (Å²) in [5.74, 6) is -1.58. The molecule has 0 bridgehead atoms. The molecule has 0 unspecified atom stereocenters. The number of aromatic hydroxyl groups is 1. The molecule has 24 heavy (non-hydrogen) atoms. The van der Waals surface area contributed by atoms with E-state index in [0.717, 1.165) is 10.6 Å². The number of amides is 1. The number of hydrogen-bond donors (Lipinski definition) is 3. The fourth-order valence-corrected chi connectivity index (χ4v) is 3.21. The summed E-state index contributed by atoms with van der Waals surface area (Å²) in [5, 5.41) is 10.2. The number of aromatic nitrogens is 1. The molecule has 0 spiro atoms. The molecule has 8 nitrogen and oxygen atoms in total. The first kappa shape index (κ1) is 17.7. The number of pyridine rings is 1. The second-order valence-corrected chi connectivity index (χ2v) is 6.79. The van der Waals surface area contributed by atoms with Crippen LogP contribution < -0.4 is 11.3 Å². The average molecular weight is 352 g/mol. The zero-order valence-corrected chi connectivity index (χ0v) is 13.8. The SMILES string of the molecule is Cc1ccc(Cn2c(O)c(C(N)=O)c(C)cc2=O)c(S(=O)(=O)O)c1. The Bertz CT molecular complexity index is 992. The number of benzene rings is 1. The van der Waals surface area contributed by atoms with Crippen LogP contribution in [0.2, 0.25) is 0 Å². The Morgan fingerprint density at radius 2 is 1.88 bits per heavy atom. The molecular formula is C15H16N2O6S. The van der Waals surface area contributed by atoms with Crippen molar-refractivity contribution in [3.63, 3.8) is 0 Å². The number of aryl methyl sites for hydroxylation is 2. The standard InChI is InChI=1S/C15H16N2O6S/c1-8-3-4-10(11(5-8)24(21,22)23)7-17-12(18)6-9(2)13(14(16)19)15(17)20/h3-6,20H,7H2,1-2H3,(H2,16,19)(H,21,22,23). The maximum absolute atomic E-state index is 12.1. The molecule has 0 saturated carbocycles. The zero-order valence-electron chi connectivity index (χ0n) is 13.0. The van der Waals surface area contributed by atoms with Crippen LogP contribution in [-0.4, -0.2) is 28.6 Å². The van der Waals surface area contributed by atoms with E-state index in [1.54, 1.807) is 13.0 Å². The van der Waals surface area contributed by atoms with E-state index in [-0.39, 0.29) is 28.1 Å². The maximum atomic E-state index is 12.1. The lowest BCUT2D eigenvalue weighted by molar-refractivity contribution is 0.0995. The summed E-state index contributed by atoms with van der Waals surface area (Å²) in [5.41, 5.74) is 5.21. The second kappa shape index (κ2) is 6.10. The third-order valence-corrected chi connectivity index (χ3v) is 4.49. The predicted octanol–water partition coefficient (Wildman–Crippen LogP) is 0.565. The fraction of sp³-hybridized carbons (Fsp3) is 0.200. The van der Waals surface area contributed by atoms with Gasteiger partial charge in [0.1, 0.15) is 5.56 Å². The molecule has 0 aliphatic rings. The minimum atomic E-state index is -4.53. The maximum Gasteiger partial charge on any atom is 0.294 e. The Kier molecular flexibility index (Phi) is 4.50. The van der Waals surface area contributed by atoms with Crippen LogP contribution in [0.3, 0.4) is 0 Å². The van der Waals surface area contributed by atoms with Crippen LogP contribution >= 0.6 is 0 Å². The van der Waals surface area contributed by atoms with E-state index in [1.807, 2.05) is 0 Å². The van der Waals surface area contributed by atoms with Gasteiger partial charge in [0.05, 0.1) is 11.4 Å². The largest absolute Gasteiger partial charge is 0.494 e. The van der Waals surface area contributed by atoms with Crippen LogP contribution in [0.5, 0.6) is 5.88 Å². The molecule has 0 saturated heterocycles. The first-order valence-corrected chi connectivity index (χ1v) is 8.26. The van der Waals surface area contributed by atoms with Gasteiger partial charge in [0.25, 0.3) is 21.6 Å². The van der Waals surface area contributed by atoms with Gasteiger partial charge in [0.2, 0.25) is 5.88 Å². The van der Waals surface area contributed by atoms with Gasteiger partial charge in [-0.2, -0.15) is 8.42 Å². The van der Waals surface area contributed by atoms with E-state index in [1.165, 1.54) is 19.1 Å². The smallest absolute Gasteiger partial charge is 0.294 e. The quantitative estimate of drug-likeness (QED) is 0.687. The van der Waals surface area contributed by atoms with Crippen molar-refractivity contribution in [3.8, 4) is 5.88 Å². The summed E-state index contributed by atoms with van der Waals surface area (Å²) in [6.45, 7) is 2.72. The van der Waals surface area contributed by atoms with Crippen LogP contribution in [-0.2, 0) is 16.7 Å². The van der Waals surface area contributed by atoms with Gasteiger partial charge in [-0.25, -0.2) is 0 Å². The van der Waals surface area contributed by atoms with E-state index in [2.05, 4.69) is 0 Å². The molecule has 0 aliphatic heterocycles. The van der Waals surface area contributed by atoms with Crippen molar-refractivity contribution in [3.05, 3.63) is 56.9 Å². The number of rotatable bonds is 4. The van der Waals surface area contributed by atoms with E-state index in [9.17, 15) is 27.7 Å². The summed E-state index contributed by atoms with van der Waals surface area (Å²) in [4.78, 5) is 23.2. The first-order chi connectivity index (χ1) is 11.0. The highest BCUT2D eigenvalue weighted by molar-refractivity contribution is 7.85. The van der Waals surface area contributed by atoms with Crippen LogP contribution in [0.15, 0.2) is 34.0 Å². The van der Waals surface area contributed by atoms with E-state index >= 15 is 0 Å². The van der Waals surface area contributed by atoms with Gasteiger partial charge >= 0.3 is 0 Å². The summed E-state index contributed by atoms with van der Waals surface area (Å²) in [6.07, 6.45) is 0. The molecule has 1 aromatic heterocycles. The molecule has 1 heterocycles. The first-order valence-electron chi connectivity index (χ1n) is 6.82. The molecule has 0 radical (unpaired) electrons. The summed E-state index contributed by atoms with van der Waals surface area (Å²) in [6, 6.07) is 5.36. The number of carbonyl (C=O) groups excluding carboxylic acids is 1. The summed E-state index contributed by atoms with van der Waals surface area (Å²) < 4.78 is 33.2. The molecule has 0 fully saturated rings. The normalized spacial score (nSPS) is 11.5. The van der Waals surface area contributed by atoms with Gasteiger partial charge in [-0.15, -0.1) is 0 Å². The number of hydrogen-bond acceptors (Lipinski definition) is 5. The van der Waals surface area contributed by atoms with E-state index in [0.29, 0.717) is 5.56 Å². The van der Waals surface area contributed by atoms with Gasteiger partial charge in [-0.05, 0) is 36.6 Å². The summed E-state index contributed by atoms with van der Waals surface area (Å²) >= 11 is 0. The molecule has 0 aliphatic carbocycles. The minimum Gasteiger partial charge on any atom is -0.494 e. The molecule has 128 valence electrons. The average Bonchev–Trinajstić information content (AvgIpc) is 2.42. The van der Waals surface area contributed by atoms with Gasteiger partial charge in [0, 0.05) is 6.07 Å². The third kappa shape index (κ3) is 3.31. The Balaban J connectivity index is 2.68. The number of primary amides is 1. The fourth-order valence-electron chi connectivity index (χ4n) is 2.41. The van der Waals surface area contributed by atoms with Crippen molar-refractivity contribution in [1.29, 1.82) is 0 Å². The van der Waals surface area contributed by atoms with Gasteiger partial charge in [0.15, 0.2) is 0 Å². The van der Waals surface area contributed by atoms with Crippen molar-refractivity contribution in [2.24, 2.45) is 5.73 Å². The van der Waals surface area contributed by atoms with Crippen LogP contribution in [0.4, 0.5) is 0 Å². The molecule has 9 heteroatoms. The molecule has 2 rings (SSSR count). The second-order valence-electron chi connectivity index (χ2n) is 5.40. The van der Waals surface area contributed by atoms with Gasteiger partial charge in [-0.3, -0.25) is 18.7 Å². The molecule has 2 aromatic rings. The van der Waals surface area contributed by atoms with Crippen molar-refractivity contribution < 1.29 is 22.9 Å². The lowest BCUT2D eigenvalue weighted by Crippen LogP contribution is -2.25. The topological polar surface area (TPSA) is 140 Å². The van der Waals surface area contributed by atoms with E-state index < -0.39 is 27.5 Å². The van der Waals surface area contributed by atoms with Crippen LogP contribution in [0.1, 0.15) is 27.0 Å². The lowest BCUT2D eigenvalue weighted by Gasteiger charge is -2.14. The highest BCUT2D eigenvalue weighted by Crippen LogP contribution is 2.23. The molecular weight excluding hydrogens is 336 g/mol. The van der Waals surface area contributed by atoms with Gasteiger partial charge < -0.3 is 10.8 Å². The monoisotopic (exact) mass is 352 g/mol. The molecule has 4 N–H and O–H groups in total. The number of carbonyl (C=O) groups is 1. The predicted molar refractivity (Wildman–Crippen MR) is 85.7 cm³/mol. The Hall–Kier alpha value is -2.65. The Labute approximate surface area is 137 Å². The van der Waals surface area contributed by atoms with Crippen molar-refractivity contribution >= 4 is 16.0 Å². The molecule has 1 aromatic carbocycles. The zero-order chi connectivity index (χ0) is 18.2. The highest BCUT2D eigenvalue weighted by Gasteiger charge is 2.20. The lowest BCUT2D eigenvalue weighted by atomic mass is 10.1. The summed E-state index contributed by atoms with van der Waals surface area (Å²) in [7, 11) is -4.53. The highest BCUT2D eigenvalue weighted by atomic mass is 32.2. The number of nitrogens with zero attached hydrogens (tertiary/aromatic N) is 1. The minimum absolute atomic E-state index is 0.0831. The van der Waals surface area contributed by atoms with Crippen molar-refractivity contribution in [2.75, 3.05) is 0 Å². The van der Waals surface area contributed by atoms with Crippen molar-refractivity contribution in [1.82, 2.24) is 4.57 Å². The number of nitrogens with two attached hydrogens (primary N) is 1. The molecule has 1 amide bonds. The third-order valence-electron chi connectivity index (χ3n) is 3.56. The van der Waals surface area contributed by atoms with Crippen LogP contribution in [0.25, 0.3) is 0 Å². The van der Waals surface area contributed by atoms with Crippen LogP contribution in [0, 0.1) is 13.8 Å². The Morgan fingerprint density at radius 3 is 2.42 bits per heavy atom.